The van der Waals surface area contributed by atoms with E-state index in [1.807, 2.05) is 53.1 Å². The smallest absolute Gasteiger partial charge is 0.234 e. The van der Waals surface area contributed by atoms with E-state index in [2.05, 4.69) is 5.32 Å². The summed E-state index contributed by atoms with van der Waals surface area (Å²) in [5.74, 6) is 0.611. The molecule has 7 nitrogen and oxygen atoms in total. The molecule has 1 heterocycles. The first-order chi connectivity index (χ1) is 15.3. The molecule has 0 fully saturated rings. The Balaban J connectivity index is 1.56. The molecule has 0 radical (unpaired) electrons. The maximum atomic E-state index is 12.6. The molecule has 3 aromatic carbocycles. The number of anilines is 1. The summed E-state index contributed by atoms with van der Waals surface area (Å²) in [6.07, 6.45) is 1.13. The van der Waals surface area contributed by atoms with Crippen molar-refractivity contribution in [1.29, 1.82) is 0 Å². The van der Waals surface area contributed by atoms with Crippen LogP contribution < -0.4 is 10.1 Å². The number of aromatic nitrogens is 2. The molecule has 0 aliphatic carbocycles. The molecule has 1 N–H and O–H groups in total. The van der Waals surface area contributed by atoms with Crippen molar-refractivity contribution in [2.45, 2.75) is 10.1 Å². The van der Waals surface area contributed by atoms with Crippen molar-refractivity contribution in [3.8, 4) is 11.4 Å². The fourth-order valence-electron chi connectivity index (χ4n) is 3.21. The van der Waals surface area contributed by atoms with Crippen LogP contribution in [0, 0.1) is 0 Å². The Morgan fingerprint density at radius 2 is 1.81 bits per heavy atom. The van der Waals surface area contributed by atoms with E-state index in [1.165, 1.54) is 23.9 Å². The highest BCUT2D eigenvalue weighted by Gasteiger charge is 2.15. The van der Waals surface area contributed by atoms with Crippen molar-refractivity contribution in [2.24, 2.45) is 0 Å². The van der Waals surface area contributed by atoms with Gasteiger partial charge in [0, 0.05) is 17.6 Å². The Morgan fingerprint density at radius 3 is 2.53 bits per heavy atom. The van der Waals surface area contributed by atoms with E-state index in [1.54, 1.807) is 19.2 Å². The van der Waals surface area contributed by atoms with E-state index < -0.39 is 9.84 Å². The molecular formula is C23H21N3O4S2. The normalized spacial score (nSPS) is 11.4. The molecule has 1 aromatic heterocycles. The average Bonchev–Trinajstić information content (AvgIpc) is 3.16. The predicted molar refractivity (Wildman–Crippen MR) is 127 cm³/mol. The number of hydrogen-bond donors (Lipinski definition) is 1. The number of fused-ring (bicyclic) bond motifs is 1. The molecule has 164 valence electrons. The van der Waals surface area contributed by atoms with Crippen molar-refractivity contribution in [3.05, 3.63) is 72.8 Å². The summed E-state index contributed by atoms with van der Waals surface area (Å²) in [5, 5.41) is 3.43. The number of imidazole rings is 1. The van der Waals surface area contributed by atoms with E-state index in [-0.39, 0.29) is 16.6 Å². The van der Waals surface area contributed by atoms with E-state index >= 15 is 0 Å². The third-order valence-electron chi connectivity index (χ3n) is 4.74. The number of sulfone groups is 1. The summed E-state index contributed by atoms with van der Waals surface area (Å²) in [6.45, 7) is 0. The van der Waals surface area contributed by atoms with Crippen LogP contribution in [0.1, 0.15) is 0 Å². The van der Waals surface area contributed by atoms with Gasteiger partial charge in [-0.2, -0.15) is 0 Å². The second-order valence-corrected chi connectivity index (χ2v) is 10.0. The molecule has 0 unspecified atom stereocenters. The van der Waals surface area contributed by atoms with E-state index in [9.17, 15) is 13.2 Å². The first kappa shape index (κ1) is 21.9. The van der Waals surface area contributed by atoms with Crippen LogP contribution >= 0.6 is 11.8 Å². The van der Waals surface area contributed by atoms with Gasteiger partial charge in [0.25, 0.3) is 0 Å². The molecular weight excluding hydrogens is 446 g/mol. The highest BCUT2D eigenvalue weighted by atomic mass is 32.2. The van der Waals surface area contributed by atoms with Crippen molar-refractivity contribution in [1.82, 2.24) is 9.55 Å². The SMILES string of the molecule is COc1ccc(-n2c(SCC(=O)Nc3cccc(S(C)(=O)=O)c3)nc3ccccc32)cc1. The minimum atomic E-state index is -3.35. The summed E-state index contributed by atoms with van der Waals surface area (Å²) in [4.78, 5) is 17.4. The topological polar surface area (TPSA) is 90.3 Å². The van der Waals surface area contributed by atoms with Crippen LogP contribution in [0.15, 0.2) is 82.8 Å². The van der Waals surface area contributed by atoms with Gasteiger partial charge in [-0.15, -0.1) is 0 Å². The minimum Gasteiger partial charge on any atom is -0.497 e. The van der Waals surface area contributed by atoms with Crippen LogP contribution in [0.25, 0.3) is 16.7 Å². The quantitative estimate of drug-likeness (QED) is 0.410. The van der Waals surface area contributed by atoms with Crippen molar-refractivity contribution >= 4 is 44.2 Å². The van der Waals surface area contributed by atoms with Crippen molar-refractivity contribution in [2.75, 3.05) is 24.4 Å². The molecule has 0 bridgehead atoms. The molecule has 0 aliphatic rings. The van der Waals surface area contributed by atoms with Gasteiger partial charge in [-0.05, 0) is 54.6 Å². The summed E-state index contributed by atoms with van der Waals surface area (Å²) in [5.41, 5.74) is 3.10. The van der Waals surface area contributed by atoms with Gasteiger partial charge in [-0.25, -0.2) is 13.4 Å². The van der Waals surface area contributed by atoms with Crippen molar-refractivity contribution < 1.29 is 17.9 Å². The Kier molecular flexibility index (Phi) is 6.20. The van der Waals surface area contributed by atoms with Crippen LogP contribution in [0.5, 0.6) is 5.75 Å². The predicted octanol–water partition coefficient (Wildman–Crippen LogP) is 4.17. The molecule has 0 saturated heterocycles. The highest BCUT2D eigenvalue weighted by molar-refractivity contribution is 7.99. The second kappa shape index (κ2) is 9.05. The van der Waals surface area contributed by atoms with Gasteiger partial charge in [0.15, 0.2) is 15.0 Å². The summed E-state index contributed by atoms with van der Waals surface area (Å²) in [7, 11) is -1.73. The fraction of sp³-hybridized carbons (Fsp3) is 0.130. The number of thioether (sulfide) groups is 1. The molecule has 4 aromatic rings. The number of methoxy groups -OCH3 is 1. The summed E-state index contributed by atoms with van der Waals surface area (Å²) >= 11 is 1.30. The molecule has 0 saturated carbocycles. The number of para-hydroxylation sites is 2. The van der Waals surface area contributed by atoms with Gasteiger partial charge in [-0.1, -0.05) is 30.0 Å². The lowest BCUT2D eigenvalue weighted by Gasteiger charge is -2.10. The molecule has 0 spiro atoms. The zero-order valence-corrected chi connectivity index (χ0v) is 19.1. The van der Waals surface area contributed by atoms with E-state index in [0.29, 0.717) is 10.8 Å². The molecule has 0 aliphatic heterocycles. The number of carbonyl (C=O) groups is 1. The molecule has 4 rings (SSSR count). The zero-order valence-electron chi connectivity index (χ0n) is 17.5. The van der Waals surface area contributed by atoms with Gasteiger partial charge in [0.1, 0.15) is 5.75 Å². The lowest BCUT2D eigenvalue weighted by molar-refractivity contribution is -0.113. The average molecular weight is 468 g/mol. The van der Waals surface area contributed by atoms with E-state index in [0.717, 1.165) is 28.7 Å². The van der Waals surface area contributed by atoms with Crippen LogP contribution in [0.4, 0.5) is 5.69 Å². The third kappa shape index (κ3) is 4.79. The van der Waals surface area contributed by atoms with Crippen LogP contribution in [-0.4, -0.2) is 43.0 Å². The molecule has 32 heavy (non-hydrogen) atoms. The number of carbonyl (C=O) groups excluding carboxylic acids is 1. The Hall–Kier alpha value is -3.30. The number of hydrogen-bond acceptors (Lipinski definition) is 6. The second-order valence-electron chi connectivity index (χ2n) is 7.05. The number of amides is 1. The van der Waals surface area contributed by atoms with Crippen LogP contribution in [0.2, 0.25) is 0 Å². The van der Waals surface area contributed by atoms with Gasteiger partial charge < -0.3 is 10.1 Å². The minimum absolute atomic E-state index is 0.114. The Labute approximate surface area is 190 Å². The summed E-state index contributed by atoms with van der Waals surface area (Å²) < 4.78 is 30.7. The molecule has 9 heteroatoms. The lowest BCUT2D eigenvalue weighted by Crippen LogP contribution is -2.15. The van der Waals surface area contributed by atoms with E-state index in [4.69, 9.17) is 9.72 Å². The number of rotatable bonds is 7. The number of ether oxygens (including phenoxy) is 1. The number of nitrogens with one attached hydrogen (secondary N) is 1. The molecule has 1 amide bonds. The third-order valence-corrected chi connectivity index (χ3v) is 6.79. The Bertz CT molecular complexity index is 1380. The standard InChI is InChI=1S/C23H21N3O4S2/c1-30-18-12-10-17(11-13-18)26-21-9-4-3-8-20(21)25-23(26)31-15-22(27)24-16-6-5-7-19(14-16)32(2,28)29/h3-14H,15H2,1-2H3,(H,24,27). The first-order valence-electron chi connectivity index (χ1n) is 9.70. The van der Waals surface area contributed by atoms with Crippen molar-refractivity contribution in [3.63, 3.8) is 0 Å². The lowest BCUT2D eigenvalue weighted by atomic mass is 10.2. The zero-order chi connectivity index (χ0) is 22.7. The van der Waals surface area contributed by atoms with Crippen LogP contribution in [-0.2, 0) is 14.6 Å². The maximum absolute atomic E-state index is 12.6. The Morgan fingerprint density at radius 1 is 1.06 bits per heavy atom. The first-order valence-corrected chi connectivity index (χ1v) is 12.6. The van der Waals surface area contributed by atoms with Gasteiger partial charge in [0.05, 0.1) is 28.8 Å². The fourth-order valence-corrected chi connectivity index (χ4v) is 4.71. The number of benzene rings is 3. The largest absolute Gasteiger partial charge is 0.497 e. The van der Waals surface area contributed by atoms with Gasteiger partial charge >= 0.3 is 0 Å². The van der Waals surface area contributed by atoms with Gasteiger partial charge in [-0.3, -0.25) is 9.36 Å². The summed E-state index contributed by atoms with van der Waals surface area (Å²) in [6, 6.07) is 21.6. The maximum Gasteiger partial charge on any atom is 0.234 e. The number of nitrogens with zero attached hydrogens (tertiary/aromatic N) is 2. The monoisotopic (exact) mass is 467 g/mol. The highest BCUT2D eigenvalue weighted by Crippen LogP contribution is 2.29. The van der Waals surface area contributed by atoms with Crippen LogP contribution in [0.3, 0.4) is 0 Å². The van der Waals surface area contributed by atoms with Gasteiger partial charge in [0.2, 0.25) is 5.91 Å². The molecule has 0 atom stereocenters.